The summed E-state index contributed by atoms with van der Waals surface area (Å²) in [6, 6.07) is 12.0. The maximum absolute atomic E-state index is 12.5. The van der Waals surface area contributed by atoms with E-state index in [1.54, 1.807) is 48.7 Å². The number of hydrazone groups is 1. The van der Waals surface area contributed by atoms with Crippen LogP contribution in [-0.4, -0.2) is 31.4 Å². The van der Waals surface area contributed by atoms with Crippen LogP contribution in [0.2, 0.25) is 0 Å². The predicted octanol–water partition coefficient (Wildman–Crippen LogP) is 4.44. The SMILES string of the molecule is COc1cc(C=NNc2nc(C)c(C)s2)ccc1OC(=O)c1ccccc1OC. The molecule has 0 unspecified atom stereocenters. The second-order valence-corrected chi connectivity index (χ2v) is 7.23. The van der Waals surface area contributed by atoms with E-state index in [1.807, 2.05) is 13.8 Å². The van der Waals surface area contributed by atoms with Crippen LogP contribution in [0.1, 0.15) is 26.5 Å². The highest BCUT2D eigenvalue weighted by molar-refractivity contribution is 7.15. The molecule has 0 saturated carbocycles. The summed E-state index contributed by atoms with van der Waals surface area (Å²) in [7, 11) is 3.01. The molecule has 7 nitrogen and oxygen atoms in total. The Hall–Kier alpha value is -3.39. The number of esters is 1. The van der Waals surface area contributed by atoms with Crippen LogP contribution >= 0.6 is 11.3 Å². The van der Waals surface area contributed by atoms with Crippen molar-refractivity contribution in [3.63, 3.8) is 0 Å². The molecule has 0 aliphatic rings. The minimum atomic E-state index is -0.529. The van der Waals surface area contributed by atoms with Gasteiger partial charge in [-0.3, -0.25) is 5.43 Å². The molecule has 29 heavy (non-hydrogen) atoms. The highest BCUT2D eigenvalue weighted by atomic mass is 32.1. The van der Waals surface area contributed by atoms with Crippen LogP contribution in [0.4, 0.5) is 5.13 Å². The molecule has 8 heteroatoms. The molecule has 0 spiro atoms. The van der Waals surface area contributed by atoms with E-state index < -0.39 is 5.97 Å². The fraction of sp³-hybridized carbons (Fsp3) is 0.190. The molecule has 1 N–H and O–H groups in total. The Bertz CT molecular complexity index is 1030. The monoisotopic (exact) mass is 411 g/mol. The Kier molecular flexibility index (Phi) is 6.46. The quantitative estimate of drug-likeness (QED) is 0.268. The third-order valence-corrected chi connectivity index (χ3v) is 5.10. The lowest BCUT2D eigenvalue weighted by atomic mass is 10.2. The van der Waals surface area contributed by atoms with Gasteiger partial charge in [0.15, 0.2) is 11.5 Å². The summed E-state index contributed by atoms with van der Waals surface area (Å²) in [5, 5.41) is 4.92. The molecule has 1 heterocycles. The maximum Gasteiger partial charge on any atom is 0.347 e. The first-order valence-corrected chi connectivity index (χ1v) is 9.59. The van der Waals surface area contributed by atoms with Crippen LogP contribution in [0.3, 0.4) is 0 Å². The van der Waals surface area contributed by atoms with Gasteiger partial charge in [-0.25, -0.2) is 9.78 Å². The number of thiazole rings is 1. The van der Waals surface area contributed by atoms with E-state index in [0.29, 0.717) is 22.8 Å². The molecule has 0 atom stereocenters. The van der Waals surface area contributed by atoms with E-state index in [4.69, 9.17) is 14.2 Å². The number of aryl methyl sites for hydroxylation is 2. The van der Waals surface area contributed by atoms with Crippen molar-refractivity contribution in [1.29, 1.82) is 0 Å². The second-order valence-electron chi connectivity index (χ2n) is 6.03. The Morgan fingerprint density at radius 2 is 1.83 bits per heavy atom. The smallest absolute Gasteiger partial charge is 0.347 e. The number of nitrogens with zero attached hydrogens (tertiary/aromatic N) is 2. The van der Waals surface area contributed by atoms with Crippen molar-refractivity contribution >= 4 is 28.7 Å². The van der Waals surface area contributed by atoms with Gasteiger partial charge in [-0.2, -0.15) is 5.10 Å². The molecule has 0 bridgehead atoms. The third kappa shape index (κ3) is 4.91. The average molecular weight is 411 g/mol. The third-order valence-electron chi connectivity index (χ3n) is 4.12. The van der Waals surface area contributed by atoms with Gasteiger partial charge in [0.05, 0.1) is 26.1 Å². The van der Waals surface area contributed by atoms with Crippen molar-refractivity contribution in [1.82, 2.24) is 4.98 Å². The number of hydrogen-bond acceptors (Lipinski definition) is 8. The molecule has 3 aromatic rings. The molecular formula is C21H21N3O4S. The molecule has 0 saturated heterocycles. The van der Waals surface area contributed by atoms with Crippen LogP contribution in [0.25, 0.3) is 0 Å². The molecular weight excluding hydrogens is 390 g/mol. The maximum atomic E-state index is 12.5. The van der Waals surface area contributed by atoms with E-state index in [0.717, 1.165) is 21.3 Å². The Morgan fingerprint density at radius 1 is 1.07 bits per heavy atom. The zero-order valence-electron chi connectivity index (χ0n) is 16.6. The predicted molar refractivity (Wildman–Crippen MR) is 114 cm³/mol. The summed E-state index contributed by atoms with van der Waals surface area (Å²) >= 11 is 1.54. The molecule has 2 aromatic carbocycles. The summed E-state index contributed by atoms with van der Waals surface area (Å²) in [4.78, 5) is 18.0. The van der Waals surface area contributed by atoms with Crippen LogP contribution < -0.4 is 19.6 Å². The zero-order chi connectivity index (χ0) is 20.8. The number of rotatable bonds is 7. The van der Waals surface area contributed by atoms with Gasteiger partial charge in [-0.15, -0.1) is 11.3 Å². The second kappa shape index (κ2) is 9.20. The minimum Gasteiger partial charge on any atom is -0.496 e. The highest BCUT2D eigenvalue weighted by Crippen LogP contribution is 2.29. The molecule has 1 aromatic heterocycles. The van der Waals surface area contributed by atoms with E-state index >= 15 is 0 Å². The highest BCUT2D eigenvalue weighted by Gasteiger charge is 2.16. The van der Waals surface area contributed by atoms with E-state index in [1.165, 1.54) is 25.6 Å². The fourth-order valence-electron chi connectivity index (χ4n) is 2.50. The number of nitrogens with one attached hydrogen (secondary N) is 1. The van der Waals surface area contributed by atoms with Crippen LogP contribution in [0, 0.1) is 13.8 Å². The van der Waals surface area contributed by atoms with Gasteiger partial charge in [-0.1, -0.05) is 12.1 Å². The van der Waals surface area contributed by atoms with Crippen molar-refractivity contribution in [3.8, 4) is 17.2 Å². The summed E-state index contributed by atoms with van der Waals surface area (Å²) in [6.45, 7) is 3.97. The van der Waals surface area contributed by atoms with E-state index in [2.05, 4.69) is 15.5 Å². The van der Waals surface area contributed by atoms with Crippen molar-refractivity contribution in [3.05, 3.63) is 64.2 Å². The first-order chi connectivity index (χ1) is 14.0. The summed E-state index contributed by atoms with van der Waals surface area (Å²) < 4.78 is 16.1. The standard InChI is InChI=1S/C21H21N3O4S/c1-13-14(2)29-21(23-13)24-22-12-15-9-10-18(19(11-15)27-4)28-20(25)16-7-5-6-8-17(16)26-3/h5-12H,1-4H3,(H,23,24). The zero-order valence-corrected chi connectivity index (χ0v) is 17.4. The normalized spacial score (nSPS) is 10.8. The number of ether oxygens (including phenoxy) is 3. The summed E-state index contributed by atoms with van der Waals surface area (Å²) in [5.41, 5.74) is 5.00. The Labute approximate surface area is 173 Å². The van der Waals surface area contributed by atoms with E-state index in [-0.39, 0.29) is 0 Å². The topological polar surface area (TPSA) is 82.0 Å². The molecule has 150 valence electrons. The van der Waals surface area contributed by atoms with Crippen LogP contribution in [0.5, 0.6) is 17.2 Å². The van der Waals surface area contributed by atoms with Gasteiger partial charge in [-0.05, 0) is 49.7 Å². The van der Waals surface area contributed by atoms with Crippen LogP contribution in [-0.2, 0) is 0 Å². The van der Waals surface area contributed by atoms with Crippen molar-refractivity contribution in [2.45, 2.75) is 13.8 Å². The van der Waals surface area contributed by atoms with Crippen LogP contribution in [0.15, 0.2) is 47.6 Å². The van der Waals surface area contributed by atoms with Gasteiger partial charge >= 0.3 is 5.97 Å². The van der Waals surface area contributed by atoms with Gasteiger partial charge in [0.25, 0.3) is 0 Å². The average Bonchev–Trinajstić information content (AvgIpc) is 3.06. The number of benzene rings is 2. The lowest BCUT2D eigenvalue weighted by Gasteiger charge is -2.11. The van der Waals surface area contributed by atoms with E-state index in [9.17, 15) is 4.79 Å². The first kappa shape index (κ1) is 20.3. The molecule has 0 fully saturated rings. The summed E-state index contributed by atoms with van der Waals surface area (Å²) in [6.07, 6.45) is 1.64. The Balaban J connectivity index is 1.73. The van der Waals surface area contributed by atoms with Gasteiger partial charge in [0, 0.05) is 4.88 Å². The molecule has 0 amide bonds. The number of hydrogen-bond donors (Lipinski definition) is 1. The minimum absolute atomic E-state index is 0.305. The molecule has 0 aliphatic carbocycles. The number of methoxy groups -OCH3 is 2. The number of carbonyl (C=O) groups excluding carboxylic acids is 1. The van der Waals surface area contributed by atoms with Crippen molar-refractivity contribution < 1.29 is 19.0 Å². The number of para-hydroxylation sites is 1. The van der Waals surface area contributed by atoms with Gasteiger partial charge < -0.3 is 14.2 Å². The molecule has 0 aliphatic heterocycles. The fourth-order valence-corrected chi connectivity index (χ4v) is 3.26. The van der Waals surface area contributed by atoms with Gasteiger partial charge in [0.2, 0.25) is 5.13 Å². The Morgan fingerprint density at radius 3 is 2.52 bits per heavy atom. The van der Waals surface area contributed by atoms with Crippen molar-refractivity contribution in [2.24, 2.45) is 5.10 Å². The first-order valence-electron chi connectivity index (χ1n) is 8.78. The molecule has 3 rings (SSSR count). The lowest BCUT2D eigenvalue weighted by molar-refractivity contribution is 0.0726. The molecule has 0 radical (unpaired) electrons. The lowest BCUT2D eigenvalue weighted by Crippen LogP contribution is -2.10. The number of carbonyl (C=O) groups is 1. The number of anilines is 1. The van der Waals surface area contributed by atoms with Crippen molar-refractivity contribution in [2.75, 3.05) is 19.6 Å². The van der Waals surface area contributed by atoms with Gasteiger partial charge in [0.1, 0.15) is 11.3 Å². The summed E-state index contributed by atoms with van der Waals surface area (Å²) in [5.74, 6) is 0.634. The largest absolute Gasteiger partial charge is 0.496 e. The number of aromatic nitrogens is 1.